The van der Waals surface area contributed by atoms with E-state index in [0.29, 0.717) is 0 Å². The molecule has 0 saturated heterocycles. The summed E-state index contributed by atoms with van der Waals surface area (Å²) < 4.78 is 0. The van der Waals surface area contributed by atoms with Crippen LogP contribution in [0.2, 0.25) is 0 Å². The Morgan fingerprint density at radius 1 is 1.33 bits per heavy atom. The van der Waals surface area contributed by atoms with Gasteiger partial charge in [0.1, 0.15) is 0 Å². The van der Waals surface area contributed by atoms with Crippen LogP contribution in [0.4, 0.5) is 4.79 Å². The molecule has 0 saturated carbocycles. The third-order valence-electron chi connectivity index (χ3n) is 0. The molecule has 6 heavy (non-hydrogen) atoms. The summed E-state index contributed by atoms with van der Waals surface area (Å²) >= 11 is 0. The van der Waals surface area contributed by atoms with Crippen LogP contribution >= 0.6 is 0 Å². The molecule has 0 spiro atoms. The van der Waals surface area contributed by atoms with E-state index in [0.717, 1.165) is 0 Å². The van der Waals surface area contributed by atoms with Crippen molar-refractivity contribution in [2.75, 3.05) is 0 Å². The van der Waals surface area contributed by atoms with Gasteiger partial charge in [-0.05, 0) is 0 Å². The van der Waals surface area contributed by atoms with Gasteiger partial charge in [0.2, 0.25) is 0 Å². The summed E-state index contributed by atoms with van der Waals surface area (Å²) in [6, 6.07) is 0. The van der Waals surface area contributed by atoms with Gasteiger partial charge in [-0.3, -0.25) is 0 Å². The van der Waals surface area contributed by atoms with Gasteiger partial charge in [0, 0.05) is 17.1 Å². The van der Waals surface area contributed by atoms with E-state index in [1.165, 1.54) is 0 Å². The molecule has 0 bridgehead atoms. The molecular weight excluding hydrogens is 147 g/mol. The van der Waals surface area contributed by atoms with E-state index in [9.17, 15) is 0 Å². The molecule has 0 aromatic heterocycles. The summed E-state index contributed by atoms with van der Waals surface area (Å²) in [5.41, 5.74) is 0. The van der Waals surface area contributed by atoms with Crippen LogP contribution in [-0.2, 0) is 17.1 Å². The Hall–Kier alpha value is 0.789. The molecule has 37 valence electrons. The second-order valence-electron chi connectivity index (χ2n) is 0.283. The van der Waals surface area contributed by atoms with Crippen LogP contribution in [-0.4, -0.2) is 45.9 Å². The maximum atomic E-state index is 8.56. The predicted octanol–water partition coefficient (Wildman–Crippen LogP) is -0.429. The molecule has 0 unspecified atom stereocenters. The standard InChI is InChI=1S/CH2O3.Cu.Na.H/c2-1(3)4;;;/h(H2,2,3,4);;;. The molecule has 2 N–H and O–H groups in total. The molecule has 0 rings (SSSR count). The first kappa shape index (κ1) is 15.8. The van der Waals surface area contributed by atoms with Gasteiger partial charge in [-0.2, -0.15) is 0 Å². The fraction of sp³-hybridized carbons (Fsp3) is 0. The monoisotopic (exact) mass is 149 g/mol. The van der Waals surface area contributed by atoms with Crippen molar-refractivity contribution in [1.29, 1.82) is 0 Å². The molecule has 0 aromatic carbocycles. The Bertz CT molecular complexity index is 33.8. The summed E-state index contributed by atoms with van der Waals surface area (Å²) in [4.78, 5) is 8.56. The molecule has 0 amide bonds. The van der Waals surface area contributed by atoms with E-state index in [-0.39, 0.29) is 46.6 Å². The molecule has 0 aromatic rings. The quantitative estimate of drug-likeness (QED) is 0.460. The van der Waals surface area contributed by atoms with Crippen LogP contribution < -0.4 is 0 Å². The normalized spacial score (nSPS) is 4.00. The first-order chi connectivity index (χ1) is 1.73. The minimum atomic E-state index is -1.83. The Morgan fingerprint density at radius 3 is 1.33 bits per heavy atom. The van der Waals surface area contributed by atoms with E-state index < -0.39 is 6.16 Å². The van der Waals surface area contributed by atoms with Crippen molar-refractivity contribution in [2.45, 2.75) is 0 Å². The average Bonchev–Trinajstić information content (AvgIpc) is 0.811. The van der Waals surface area contributed by atoms with E-state index in [2.05, 4.69) is 0 Å². The van der Waals surface area contributed by atoms with Gasteiger partial charge in [-0.15, -0.1) is 0 Å². The van der Waals surface area contributed by atoms with Gasteiger partial charge in [0.15, 0.2) is 0 Å². The first-order valence-electron chi connectivity index (χ1n) is 0.651. The zero-order valence-corrected chi connectivity index (χ0v) is 3.05. The Kier molecular flexibility index (Phi) is 24.4. The fourth-order valence-electron chi connectivity index (χ4n) is 0. The van der Waals surface area contributed by atoms with Gasteiger partial charge in [-0.25, -0.2) is 4.79 Å². The van der Waals surface area contributed by atoms with Crippen LogP contribution in [0.15, 0.2) is 0 Å². The second kappa shape index (κ2) is 9.25. The van der Waals surface area contributed by atoms with Crippen molar-refractivity contribution in [3.05, 3.63) is 0 Å². The SMILES string of the molecule is O=C(O)O.[Cu].[NaH]. The summed E-state index contributed by atoms with van der Waals surface area (Å²) in [5, 5.41) is 13.9. The summed E-state index contributed by atoms with van der Waals surface area (Å²) in [5.74, 6) is 0. The van der Waals surface area contributed by atoms with Crippen LogP contribution in [0.25, 0.3) is 0 Å². The van der Waals surface area contributed by atoms with Crippen LogP contribution in [0, 0.1) is 0 Å². The maximum absolute atomic E-state index is 8.56. The van der Waals surface area contributed by atoms with E-state index in [1.54, 1.807) is 0 Å². The third-order valence-corrected chi connectivity index (χ3v) is 0. The summed E-state index contributed by atoms with van der Waals surface area (Å²) in [6.45, 7) is 0. The third kappa shape index (κ3) is 110. The van der Waals surface area contributed by atoms with Crippen molar-refractivity contribution in [2.24, 2.45) is 0 Å². The van der Waals surface area contributed by atoms with Crippen LogP contribution in [0.3, 0.4) is 0 Å². The Morgan fingerprint density at radius 2 is 1.33 bits per heavy atom. The Balaban J connectivity index is -0.0000000450. The van der Waals surface area contributed by atoms with Crippen LogP contribution in [0.5, 0.6) is 0 Å². The molecule has 0 aliphatic rings. The van der Waals surface area contributed by atoms with E-state index in [4.69, 9.17) is 15.0 Å². The van der Waals surface area contributed by atoms with Gasteiger partial charge in [-0.1, -0.05) is 0 Å². The number of rotatable bonds is 0. The van der Waals surface area contributed by atoms with Crippen molar-refractivity contribution in [3.63, 3.8) is 0 Å². The fourth-order valence-corrected chi connectivity index (χ4v) is 0. The number of carbonyl (C=O) groups is 1. The minimum absolute atomic E-state index is 0. The number of hydrogen-bond acceptors (Lipinski definition) is 1. The number of hydrogen-bond donors (Lipinski definition) is 2. The van der Waals surface area contributed by atoms with E-state index >= 15 is 0 Å². The number of carboxylic acid groups (broad SMARTS) is 2. The van der Waals surface area contributed by atoms with Gasteiger partial charge >= 0.3 is 35.7 Å². The summed E-state index contributed by atoms with van der Waals surface area (Å²) in [7, 11) is 0. The van der Waals surface area contributed by atoms with Gasteiger partial charge < -0.3 is 10.2 Å². The topological polar surface area (TPSA) is 57.5 Å². The van der Waals surface area contributed by atoms with Crippen molar-refractivity contribution in [3.8, 4) is 0 Å². The Labute approximate surface area is 67.5 Å². The molecule has 5 heteroatoms. The zero-order chi connectivity index (χ0) is 3.58. The molecular formula is CH3CuNaO3. The summed E-state index contributed by atoms with van der Waals surface area (Å²) in [6.07, 6.45) is -1.83. The predicted molar refractivity (Wildman–Crippen MR) is 17.8 cm³/mol. The molecule has 0 atom stereocenters. The van der Waals surface area contributed by atoms with Crippen molar-refractivity contribution >= 4 is 35.7 Å². The van der Waals surface area contributed by atoms with Crippen molar-refractivity contribution < 1.29 is 32.1 Å². The molecule has 0 aliphatic carbocycles. The van der Waals surface area contributed by atoms with Crippen molar-refractivity contribution in [1.82, 2.24) is 0 Å². The molecule has 1 radical (unpaired) electrons. The van der Waals surface area contributed by atoms with Gasteiger partial charge in [0.25, 0.3) is 0 Å². The molecule has 3 nitrogen and oxygen atoms in total. The molecule has 0 aliphatic heterocycles. The molecule has 0 heterocycles. The van der Waals surface area contributed by atoms with Gasteiger partial charge in [0.05, 0.1) is 0 Å². The molecule has 0 fully saturated rings. The van der Waals surface area contributed by atoms with Crippen LogP contribution in [0.1, 0.15) is 0 Å². The van der Waals surface area contributed by atoms with E-state index in [1.807, 2.05) is 0 Å². The first-order valence-corrected chi connectivity index (χ1v) is 0.651. The second-order valence-corrected chi connectivity index (χ2v) is 0.283. The average molecular weight is 150 g/mol. The zero-order valence-electron chi connectivity index (χ0n) is 2.10.